The Morgan fingerprint density at radius 1 is 1.45 bits per heavy atom. The molecule has 0 saturated heterocycles. The molecule has 8 nitrogen and oxygen atoms in total. The summed E-state index contributed by atoms with van der Waals surface area (Å²) in [4.78, 5) is 21.5. The van der Waals surface area contributed by atoms with Crippen molar-refractivity contribution >= 4 is 17.4 Å². The van der Waals surface area contributed by atoms with Gasteiger partial charge in [0.15, 0.2) is 12.4 Å². The minimum absolute atomic E-state index is 0.0335. The number of nitrogens with one attached hydrogen (secondary N) is 2. The minimum Gasteiger partial charge on any atom is -0.484 e. The number of amides is 1. The summed E-state index contributed by atoms with van der Waals surface area (Å²) in [6, 6.07) is 7.17. The molecule has 1 aromatic heterocycles. The topological polar surface area (TPSA) is 110 Å². The molecule has 0 unspecified atom stereocenters. The van der Waals surface area contributed by atoms with Gasteiger partial charge in [-0.1, -0.05) is 0 Å². The van der Waals surface area contributed by atoms with Crippen molar-refractivity contribution in [1.29, 1.82) is 0 Å². The number of rotatable bonds is 5. The maximum atomic E-state index is 11.6. The molecule has 2 N–H and O–H groups in total. The molecule has 0 atom stereocenters. The Balaban J connectivity index is 1.85. The molecule has 0 fully saturated rings. The molecule has 2 aromatic rings. The highest BCUT2D eigenvalue weighted by Gasteiger charge is 2.07. The molecule has 1 amide bonds. The van der Waals surface area contributed by atoms with Gasteiger partial charge in [-0.2, -0.15) is 5.10 Å². The van der Waals surface area contributed by atoms with Gasteiger partial charge in [0.1, 0.15) is 5.75 Å². The number of aromatic nitrogens is 2. The van der Waals surface area contributed by atoms with E-state index in [4.69, 9.17) is 4.74 Å². The van der Waals surface area contributed by atoms with Crippen LogP contribution in [0.4, 0.5) is 11.5 Å². The van der Waals surface area contributed by atoms with Crippen molar-refractivity contribution in [2.75, 3.05) is 11.9 Å². The second kappa shape index (κ2) is 5.83. The first-order valence-corrected chi connectivity index (χ1v) is 5.74. The van der Waals surface area contributed by atoms with Crippen molar-refractivity contribution in [3.8, 4) is 5.75 Å². The molecule has 0 aliphatic carbocycles. The maximum absolute atomic E-state index is 11.6. The zero-order chi connectivity index (χ0) is 14.5. The molecule has 0 aliphatic heterocycles. The van der Waals surface area contributed by atoms with Crippen molar-refractivity contribution in [2.24, 2.45) is 0 Å². The van der Waals surface area contributed by atoms with E-state index in [0.29, 0.717) is 11.6 Å². The van der Waals surface area contributed by atoms with Crippen LogP contribution in [0.3, 0.4) is 0 Å². The molecule has 2 rings (SSSR count). The van der Waals surface area contributed by atoms with Gasteiger partial charge in [-0.05, 0) is 19.1 Å². The molecule has 0 bridgehead atoms. The molecular weight excluding hydrogens is 264 g/mol. The first-order valence-electron chi connectivity index (χ1n) is 5.74. The fourth-order valence-electron chi connectivity index (χ4n) is 1.47. The van der Waals surface area contributed by atoms with Crippen molar-refractivity contribution < 1.29 is 14.5 Å². The number of carbonyl (C=O) groups is 1. The van der Waals surface area contributed by atoms with Gasteiger partial charge < -0.3 is 10.1 Å². The zero-order valence-electron chi connectivity index (χ0n) is 10.6. The number of benzene rings is 1. The number of non-ortho nitro benzene ring substituents is 1. The van der Waals surface area contributed by atoms with E-state index in [1.165, 1.54) is 24.3 Å². The molecule has 1 aromatic carbocycles. The third kappa shape index (κ3) is 3.55. The average Bonchev–Trinajstić information content (AvgIpc) is 2.82. The highest BCUT2D eigenvalue weighted by molar-refractivity contribution is 5.90. The van der Waals surface area contributed by atoms with Gasteiger partial charge in [0.05, 0.1) is 4.92 Å². The largest absolute Gasteiger partial charge is 0.484 e. The Bertz CT molecular complexity index is 621. The predicted molar refractivity (Wildman–Crippen MR) is 70.5 cm³/mol. The number of nitro benzene ring substituents is 1. The van der Waals surface area contributed by atoms with Crippen LogP contribution in [0, 0.1) is 17.0 Å². The summed E-state index contributed by atoms with van der Waals surface area (Å²) >= 11 is 0. The molecule has 0 saturated carbocycles. The molecule has 8 heteroatoms. The van der Waals surface area contributed by atoms with Gasteiger partial charge in [0.2, 0.25) is 0 Å². The quantitative estimate of drug-likeness (QED) is 0.637. The van der Waals surface area contributed by atoms with Gasteiger partial charge in [0, 0.05) is 23.9 Å². The lowest BCUT2D eigenvalue weighted by molar-refractivity contribution is -0.384. The lowest BCUT2D eigenvalue weighted by Gasteiger charge is -2.05. The summed E-state index contributed by atoms with van der Waals surface area (Å²) in [5.74, 6) is 0.429. The summed E-state index contributed by atoms with van der Waals surface area (Å²) in [5, 5.41) is 19.6. The number of nitro groups is 1. The second-order valence-corrected chi connectivity index (χ2v) is 4.02. The maximum Gasteiger partial charge on any atom is 0.269 e. The van der Waals surface area contributed by atoms with Gasteiger partial charge in [-0.25, -0.2) is 0 Å². The fourth-order valence-corrected chi connectivity index (χ4v) is 1.47. The smallest absolute Gasteiger partial charge is 0.269 e. The molecule has 0 radical (unpaired) electrons. The number of carbonyl (C=O) groups excluding carboxylic acids is 1. The molecule has 104 valence electrons. The summed E-state index contributed by atoms with van der Waals surface area (Å²) in [5.41, 5.74) is 0.797. The number of hydrogen-bond acceptors (Lipinski definition) is 5. The van der Waals surface area contributed by atoms with Crippen LogP contribution in [0.1, 0.15) is 5.69 Å². The number of ether oxygens (including phenoxy) is 1. The lowest BCUT2D eigenvalue weighted by atomic mass is 10.3. The molecule has 0 spiro atoms. The standard InChI is InChI=1S/C12H12N4O4/c1-8-6-11(15-14-8)13-12(17)7-20-10-4-2-9(3-5-10)16(18)19/h2-6H,7H2,1H3,(H2,13,14,15,17). The number of nitrogens with zero attached hydrogens (tertiary/aromatic N) is 2. The van der Waals surface area contributed by atoms with Crippen LogP contribution >= 0.6 is 0 Å². The normalized spacial score (nSPS) is 10.1. The molecule has 0 aliphatic rings. The Hall–Kier alpha value is -2.90. The van der Waals surface area contributed by atoms with E-state index in [1.807, 2.05) is 6.92 Å². The van der Waals surface area contributed by atoms with Crippen molar-refractivity contribution in [3.05, 3.63) is 46.1 Å². The SMILES string of the molecule is Cc1cc(NC(=O)COc2ccc([N+](=O)[O-])cc2)n[nH]1. The lowest BCUT2D eigenvalue weighted by Crippen LogP contribution is -2.20. The van der Waals surface area contributed by atoms with E-state index in [1.54, 1.807) is 6.07 Å². The van der Waals surface area contributed by atoms with Gasteiger partial charge in [0.25, 0.3) is 11.6 Å². The van der Waals surface area contributed by atoms with Crippen LogP contribution < -0.4 is 10.1 Å². The number of anilines is 1. The average molecular weight is 276 g/mol. The van der Waals surface area contributed by atoms with Crippen LogP contribution in [0.25, 0.3) is 0 Å². The van der Waals surface area contributed by atoms with Crippen molar-refractivity contribution in [3.63, 3.8) is 0 Å². The highest BCUT2D eigenvalue weighted by Crippen LogP contribution is 2.17. The molecular formula is C12H12N4O4. The summed E-state index contributed by atoms with van der Waals surface area (Å²) in [7, 11) is 0. The van der Waals surface area contributed by atoms with E-state index in [9.17, 15) is 14.9 Å². The third-order valence-corrected chi connectivity index (χ3v) is 2.39. The van der Waals surface area contributed by atoms with E-state index in [0.717, 1.165) is 5.69 Å². The second-order valence-electron chi connectivity index (χ2n) is 4.02. The first-order chi connectivity index (χ1) is 9.54. The first kappa shape index (κ1) is 13.5. The third-order valence-electron chi connectivity index (χ3n) is 2.39. The highest BCUT2D eigenvalue weighted by atomic mass is 16.6. The number of H-pyrrole nitrogens is 1. The van der Waals surface area contributed by atoms with E-state index >= 15 is 0 Å². The van der Waals surface area contributed by atoms with Crippen molar-refractivity contribution in [2.45, 2.75) is 6.92 Å². The van der Waals surface area contributed by atoms with E-state index in [2.05, 4.69) is 15.5 Å². The summed E-state index contributed by atoms with van der Waals surface area (Å²) < 4.78 is 5.21. The Morgan fingerprint density at radius 3 is 2.70 bits per heavy atom. The van der Waals surface area contributed by atoms with Crippen LogP contribution in [0.2, 0.25) is 0 Å². The number of hydrogen-bond donors (Lipinski definition) is 2. The molecule has 20 heavy (non-hydrogen) atoms. The summed E-state index contributed by atoms with van der Waals surface area (Å²) in [6.45, 7) is 1.61. The number of aryl methyl sites for hydroxylation is 1. The van der Waals surface area contributed by atoms with Gasteiger partial charge >= 0.3 is 0 Å². The number of aromatic amines is 1. The summed E-state index contributed by atoms with van der Waals surface area (Å²) in [6.07, 6.45) is 0. The van der Waals surface area contributed by atoms with E-state index < -0.39 is 4.92 Å². The van der Waals surface area contributed by atoms with Crippen LogP contribution in [-0.2, 0) is 4.79 Å². The monoisotopic (exact) mass is 276 g/mol. The Morgan fingerprint density at radius 2 is 2.15 bits per heavy atom. The van der Waals surface area contributed by atoms with Gasteiger partial charge in [-0.3, -0.25) is 20.0 Å². The predicted octanol–water partition coefficient (Wildman–Crippen LogP) is 1.64. The van der Waals surface area contributed by atoms with Crippen LogP contribution in [-0.4, -0.2) is 27.6 Å². The van der Waals surface area contributed by atoms with Crippen molar-refractivity contribution in [1.82, 2.24) is 10.2 Å². The zero-order valence-corrected chi connectivity index (χ0v) is 10.6. The van der Waals surface area contributed by atoms with Gasteiger partial charge in [-0.15, -0.1) is 0 Å². The van der Waals surface area contributed by atoms with Crippen LogP contribution in [0.15, 0.2) is 30.3 Å². The van der Waals surface area contributed by atoms with Crippen LogP contribution in [0.5, 0.6) is 5.75 Å². The van der Waals surface area contributed by atoms with E-state index in [-0.39, 0.29) is 18.2 Å². The Kier molecular flexibility index (Phi) is 3.94. The Labute approximate surface area is 113 Å². The molecule has 1 heterocycles. The minimum atomic E-state index is -0.504. The fraction of sp³-hybridized carbons (Fsp3) is 0.167.